The smallest absolute Gasteiger partial charge is 0.312 e. The van der Waals surface area contributed by atoms with E-state index in [0.717, 1.165) is 6.42 Å². The maximum atomic E-state index is 11.2. The molecule has 0 aromatic carbocycles. The highest BCUT2D eigenvalue weighted by atomic mass is 32.1. The summed E-state index contributed by atoms with van der Waals surface area (Å²) in [6, 6.07) is 0. The number of esters is 1. The number of carbonyl (C=O) groups excluding carboxylic acids is 1. The third kappa shape index (κ3) is 14.5. The highest BCUT2D eigenvalue weighted by Gasteiger charge is 2.28. The molecule has 0 saturated carbocycles. The van der Waals surface area contributed by atoms with Crippen molar-refractivity contribution >= 4 is 23.2 Å². The van der Waals surface area contributed by atoms with Crippen molar-refractivity contribution in [1.29, 1.82) is 0 Å². The van der Waals surface area contributed by atoms with Crippen LogP contribution in [0.4, 0.5) is 0 Å². The Morgan fingerprint density at radius 2 is 1.04 bits per heavy atom. The number of ether oxygens (including phenoxy) is 1. The molecule has 1 heterocycles. The topological polar surface area (TPSA) is 26.3 Å². The largest absolute Gasteiger partial charge is 0.419 e. The van der Waals surface area contributed by atoms with Gasteiger partial charge in [-0.25, -0.2) is 0 Å². The molecule has 0 aromatic rings. The third-order valence-corrected chi connectivity index (χ3v) is 6.53. The first-order valence-electron chi connectivity index (χ1n) is 12.5. The molecular formula is C25H46O2S. The standard InChI is InChI=1S/C25H46O2S/c1-2-3-4-5-6-7-8-9-10-11-12-13-14-15-16-17-18-19-20-21-23-22-24(26)27-25(23)28/h23H,2-22H2,1H3. The van der Waals surface area contributed by atoms with Crippen LogP contribution in [0.25, 0.3) is 0 Å². The monoisotopic (exact) mass is 410 g/mol. The molecule has 1 unspecified atom stereocenters. The molecule has 0 amide bonds. The van der Waals surface area contributed by atoms with Crippen LogP contribution in [0.1, 0.15) is 142 Å². The number of carbonyl (C=O) groups is 1. The number of hydrogen-bond donors (Lipinski definition) is 0. The van der Waals surface area contributed by atoms with Gasteiger partial charge < -0.3 is 4.74 Å². The van der Waals surface area contributed by atoms with E-state index in [2.05, 4.69) is 6.92 Å². The molecule has 1 saturated heterocycles. The van der Waals surface area contributed by atoms with Crippen LogP contribution in [0.15, 0.2) is 0 Å². The van der Waals surface area contributed by atoms with Crippen LogP contribution in [0.3, 0.4) is 0 Å². The van der Waals surface area contributed by atoms with E-state index in [9.17, 15) is 4.79 Å². The number of rotatable bonds is 20. The Kier molecular flexibility index (Phi) is 17.0. The van der Waals surface area contributed by atoms with E-state index in [0.29, 0.717) is 11.5 Å². The van der Waals surface area contributed by atoms with E-state index in [4.69, 9.17) is 17.0 Å². The lowest BCUT2D eigenvalue weighted by Crippen LogP contribution is -2.04. The van der Waals surface area contributed by atoms with E-state index < -0.39 is 0 Å². The molecule has 1 aliphatic rings. The first-order valence-corrected chi connectivity index (χ1v) is 12.9. The van der Waals surface area contributed by atoms with Gasteiger partial charge in [-0.2, -0.15) is 0 Å². The summed E-state index contributed by atoms with van der Waals surface area (Å²) in [6.07, 6.45) is 28.2. The summed E-state index contributed by atoms with van der Waals surface area (Å²) in [5.41, 5.74) is 0. The van der Waals surface area contributed by atoms with Gasteiger partial charge in [-0.05, 0) is 18.6 Å². The zero-order valence-electron chi connectivity index (χ0n) is 18.7. The molecule has 1 fully saturated rings. The van der Waals surface area contributed by atoms with Gasteiger partial charge in [0.1, 0.15) is 0 Å². The normalized spacial score (nSPS) is 16.7. The maximum absolute atomic E-state index is 11.2. The third-order valence-electron chi connectivity index (χ3n) is 6.12. The minimum atomic E-state index is -0.132. The Bertz CT molecular complexity index is 394. The summed E-state index contributed by atoms with van der Waals surface area (Å²) in [5.74, 6) is 0.0844. The van der Waals surface area contributed by atoms with Crippen LogP contribution in [-0.4, -0.2) is 11.0 Å². The summed E-state index contributed by atoms with van der Waals surface area (Å²) >= 11 is 5.10. The maximum Gasteiger partial charge on any atom is 0.312 e. The van der Waals surface area contributed by atoms with Gasteiger partial charge in [-0.15, -0.1) is 0 Å². The Labute approximate surface area is 180 Å². The molecule has 0 bridgehead atoms. The molecule has 1 atom stereocenters. The van der Waals surface area contributed by atoms with Gasteiger partial charge >= 0.3 is 5.97 Å². The second-order valence-electron chi connectivity index (χ2n) is 8.85. The zero-order valence-corrected chi connectivity index (χ0v) is 19.5. The lowest BCUT2D eigenvalue weighted by molar-refractivity contribution is -0.133. The highest BCUT2D eigenvalue weighted by Crippen LogP contribution is 2.24. The van der Waals surface area contributed by atoms with E-state index >= 15 is 0 Å². The molecule has 0 radical (unpaired) electrons. The number of hydrogen-bond acceptors (Lipinski definition) is 3. The Hall–Kier alpha value is -0.440. The fourth-order valence-corrected chi connectivity index (χ4v) is 4.50. The van der Waals surface area contributed by atoms with Gasteiger partial charge in [0.05, 0.1) is 6.42 Å². The Morgan fingerprint density at radius 1 is 0.679 bits per heavy atom. The van der Waals surface area contributed by atoms with Crippen molar-refractivity contribution in [3.63, 3.8) is 0 Å². The molecule has 28 heavy (non-hydrogen) atoms. The summed E-state index contributed by atoms with van der Waals surface area (Å²) in [4.78, 5) is 11.2. The average Bonchev–Trinajstić information content (AvgIpc) is 3.00. The summed E-state index contributed by atoms with van der Waals surface area (Å²) in [6.45, 7) is 2.29. The molecule has 0 aromatic heterocycles. The fourth-order valence-electron chi connectivity index (χ4n) is 4.21. The van der Waals surface area contributed by atoms with Gasteiger partial charge in [0.2, 0.25) is 0 Å². The van der Waals surface area contributed by atoms with Gasteiger partial charge in [0.25, 0.3) is 0 Å². The van der Waals surface area contributed by atoms with Crippen LogP contribution < -0.4 is 0 Å². The van der Waals surface area contributed by atoms with E-state index in [-0.39, 0.29) is 11.9 Å². The van der Waals surface area contributed by atoms with Crippen molar-refractivity contribution in [2.24, 2.45) is 5.92 Å². The molecule has 0 aliphatic carbocycles. The number of cyclic esters (lactones) is 1. The van der Waals surface area contributed by atoms with Crippen LogP contribution in [0.5, 0.6) is 0 Å². The van der Waals surface area contributed by atoms with E-state index in [1.54, 1.807) is 0 Å². The lowest BCUT2D eigenvalue weighted by Gasteiger charge is -2.06. The van der Waals surface area contributed by atoms with Crippen LogP contribution in [0, 0.1) is 5.92 Å². The lowest BCUT2D eigenvalue weighted by atomic mass is 9.99. The first-order chi connectivity index (χ1) is 13.7. The molecule has 0 spiro atoms. The zero-order chi connectivity index (χ0) is 20.3. The molecular weight excluding hydrogens is 364 g/mol. The van der Waals surface area contributed by atoms with E-state index in [1.165, 1.54) is 122 Å². The van der Waals surface area contributed by atoms with Crippen LogP contribution in [-0.2, 0) is 9.53 Å². The molecule has 0 N–H and O–H groups in total. The van der Waals surface area contributed by atoms with Gasteiger partial charge in [-0.3, -0.25) is 4.79 Å². The minimum absolute atomic E-state index is 0.132. The second kappa shape index (κ2) is 18.6. The Balaban J connectivity index is 1.69. The van der Waals surface area contributed by atoms with Crippen molar-refractivity contribution in [2.75, 3.05) is 0 Å². The SMILES string of the molecule is CCCCCCCCCCCCCCCCCCCCCC1CC(=O)OC1=S. The van der Waals surface area contributed by atoms with Crippen molar-refractivity contribution < 1.29 is 9.53 Å². The van der Waals surface area contributed by atoms with Crippen LogP contribution in [0.2, 0.25) is 0 Å². The predicted octanol–water partition coefficient (Wildman–Crippen LogP) is 8.70. The molecule has 3 heteroatoms. The first kappa shape index (κ1) is 25.6. The highest BCUT2D eigenvalue weighted by molar-refractivity contribution is 7.80. The summed E-state index contributed by atoms with van der Waals surface area (Å²) in [5, 5.41) is 0.535. The van der Waals surface area contributed by atoms with Crippen LogP contribution >= 0.6 is 12.2 Å². The van der Waals surface area contributed by atoms with Crippen molar-refractivity contribution in [3.05, 3.63) is 0 Å². The Morgan fingerprint density at radius 3 is 1.36 bits per heavy atom. The van der Waals surface area contributed by atoms with Gasteiger partial charge in [0, 0.05) is 5.92 Å². The van der Waals surface area contributed by atoms with Gasteiger partial charge in [0.15, 0.2) is 5.05 Å². The summed E-state index contributed by atoms with van der Waals surface area (Å²) < 4.78 is 4.96. The fraction of sp³-hybridized carbons (Fsp3) is 0.920. The second-order valence-corrected chi connectivity index (χ2v) is 9.25. The summed E-state index contributed by atoms with van der Waals surface area (Å²) in [7, 11) is 0. The van der Waals surface area contributed by atoms with Crippen molar-refractivity contribution in [3.8, 4) is 0 Å². The average molecular weight is 411 g/mol. The van der Waals surface area contributed by atoms with E-state index in [1.807, 2.05) is 0 Å². The van der Waals surface area contributed by atoms with Crippen molar-refractivity contribution in [2.45, 2.75) is 142 Å². The molecule has 1 rings (SSSR count). The number of unbranched alkanes of at least 4 members (excludes halogenated alkanes) is 18. The van der Waals surface area contributed by atoms with Crippen molar-refractivity contribution in [1.82, 2.24) is 0 Å². The quantitative estimate of drug-likeness (QED) is 0.114. The minimum Gasteiger partial charge on any atom is -0.419 e. The number of thiocarbonyl (C=S) groups is 1. The van der Waals surface area contributed by atoms with Gasteiger partial charge in [-0.1, -0.05) is 129 Å². The molecule has 1 aliphatic heterocycles. The predicted molar refractivity (Wildman–Crippen MR) is 125 cm³/mol. The molecule has 2 nitrogen and oxygen atoms in total. The molecule has 164 valence electrons.